The monoisotopic (exact) mass is 283 g/mol. The van der Waals surface area contributed by atoms with Gasteiger partial charge in [-0.2, -0.15) is 0 Å². The summed E-state index contributed by atoms with van der Waals surface area (Å²) in [5, 5.41) is 0. The van der Waals surface area contributed by atoms with Crippen LogP contribution in [-0.4, -0.2) is 31.0 Å². The predicted octanol–water partition coefficient (Wildman–Crippen LogP) is 3.60. The summed E-state index contributed by atoms with van der Waals surface area (Å²) in [6.45, 7) is 1.95. The summed E-state index contributed by atoms with van der Waals surface area (Å²) in [6, 6.07) is 18.0. The Bertz CT molecular complexity index is 576. The molecule has 0 aromatic heterocycles. The van der Waals surface area contributed by atoms with Gasteiger partial charge in [0.2, 0.25) is 0 Å². The smallest absolute Gasteiger partial charge is 0.263 e. The lowest BCUT2D eigenvalue weighted by atomic mass is 10.1. The fraction of sp³-hybridized carbons (Fsp3) is 0.278. The van der Waals surface area contributed by atoms with Gasteiger partial charge in [-0.1, -0.05) is 49.4 Å². The zero-order valence-corrected chi connectivity index (χ0v) is 12.7. The minimum Gasteiger partial charge on any atom is -0.481 e. The van der Waals surface area contributed by atoms with Crippen molar-refractivity contribution in [3.8, 4) is 16.9 Å². The number of nitrogens with zero attached hydrogens (tertiary/aromatic N) is 1. The highest BCUT2D eigenvalue weighted by molar-refractivity contribution is 5.80. The zero-order chi connectivity index (χ0) is 15.2. The van der Waals surface area contributed by atoms with Gasteiger partial charge in [0.15, 0.2) is 6.10 Å². The molecule has 0 fully saturated rings. The van der Waals surface area contributed by atoms with E-state index in [1.54, 1.807) is 19.0 Å². The first-order valence-corrected chi connectivity index (χ1v) is 7.15. The first-order chi connectivity index (χ1) is 10.1. The normalized spacial score (nSPS) is 11.8. The molecular weight excluding hydrogens is 262 g/mol. The molecule has 3 nitrogen and oxygen atoms in total. The maximum absolute atomic E-state index is 12.0. The molecule has 0 bridgehead atoms. The highest BCUT2D eigenvalue weighted by Crippen LogP contribution is 2.23. The number of ether oxygens (including phenoxy) is 1. The van der Waals surface area contributed by atoms with Crippen LogP contribution in [0.1, 0.15) is 13.3 Å². The molecule has 1 atom stereocenters. The third-order valence-corrected chi connectivity index (χ3v) is 3.33. The molecule has 3 heteroatoms. The molecule has 110 valence electrons. The Labute approximate surface area is 126 Å². The van der Waals surface area contributed by atoms with E-state index in [0.717, 1.165) is 11.3 Å². The number of likely N-dealkylation sites (N-methyl/N-ethyl adjacent to an activating group) is 1. The van der Waals surface area contributed by atoms with Crippen LogP contribution in [0.5, 0.6) is 5.75 Å². The number of hydrogen-bond acceptors (Lipinski definition) is 2. The molecule has 0 aliphatic rings. The molecule has 21 heavy (non-hydrogen) atoms. The van der Waals surface area contributed by atoms with Gasteiger partial charge in [0.25, 0.3) is 5.91 Å². The zero-order valence-electron chi connectivity index (χ0n) is 12.7. The van der Waals surface area contributed by atoms with Crippen molar-refractivity contribution in [2.24, 2.45) is 0 Å². The minimum absolute atomic E-state index is 0.00960. The Morgan fingerprint density at radius 2 is 1.57 bits per heavy atom. The SMILES string of the molecule is CCC(Oc1ccc(-c2ccccc2)cc1)C(=O)N(C)C. The van der Waals surface area contributed by atoms with E-state index in [4.69, 9.17) is 4.74 Å². The molecule has 1 amide bonds. The quantitative estimate of drug-likeness (QED) is 0.839. The van der Waals surface area contributed by atoms with Crippen molar-refractivity contribution in [2.45, 2.75) is 19.4 Å². The van der Waals surface area contributed by atoms with E-state index in [-0.39, 0.29) is 5.91 Å². The Hall–Kier alpha value is -2.29. The molecule has 0 spiro atoms. The summed E-state index contributed by atoms with van der Waals surface area (Å²) in [4.78, 5) is 13.5. The topological polar surface area (TPSA) is 29.5 Å². The van der Waals surface area contributed by atoms with Crippen LogP contribution in [0.3, 0.4) is 0 Å². The summed E-state index contributed by atoms with van der Waals surface area (Å²) in [6.07, 6.45) is 0.222. The fourth-order valence-electron chi connectivity index (χ4n) is 2.12. The summed E-state index contributed by atoms with van der Waals surface area (Å²) in [5.74, 6) is 0.710. The van der Waals surface area contributed by atoms with Gasteiger partial charge in [0.1, 0.15) is 5.75 Å². The van der Waals surface area contributed by atoms with Crippen molar-refractivity contribution in [1.82, 2.24) is 4.90 Å². The molecule has 0 N–H and O–H groups in total. The van der Waals surface area contributed by atoms with Crippen LogP contribution < -0.4 is 4.74 Å². The number of carbonyl (C=O) groups excluding carboxylic acids is 1. The molecule has 2 aromatic carbocycles. The number of amides is 1. The first kappa shape index (κ1) is 15.1. The van der Waals surface area contributed by atoms with E-state index < -0.39 is 6.10 Å². The fourth-order valence-corrected chi connectivity index (χ4v) is 2.12. The van der Waals surface area contributed by atoms with Crippen LogP contribution in [0, 0.1) is 0 Å². The third-order valence-electron chi connectivity index (χ3n) is 3.33. The van der Waals surface area contributed by atoms with Crippen LogP contribution in [0.25, 0.3) is 11.1 Å². The van der Waals surface area contributed by atoms with E-state index in [2.05, 4.69) is 12.1 Å². The molecule has 0 heterocycles. The predicted molar refractivity (Wildman–Crippen MR) is 85.3 cm³/mol. The van der Waals surface area contributed by atoms with Crippen molar-refractivity contribution in [1.29, 1.82) is 0 Å². The van der Waals surface area contributed by atoms with E-state index in [1.165, 1.54) is 5.56 Å². The summed E-state index contributed by atoms with van der Waals surface area (Å²) in [7, 11) is 3.49. The lowest BCUT2D eigenvalue weighted by Crippen LogP contribution is -2.37. The van der Waals surface area contributed by atoms with Gasteiger partial charge in [-0.25, -0.2) is 0 Å². The maximum atomic E-state index is 12.0. The summed E-state index contributed by atoms with van der Waals surface area (Å²) >= 11 is 0. The Morgan fingerprint density at radius 3 is 2.10 bits per heavy atom. The van der Waals surface area contributed by atoms with E-state index in [0.29, 0.717) is 6.42 Å². The molecule has 1 unspecified atom stereocenters. The van der Waals surface area contributed by atoms with Crippen LogP contribution >= 0.6 is 0 Å². The van der Waals surface area contributed by atoms with E-state index in [9.17, 15) is 4.79 Å². The van der Waals surface area contributed by atoms with Crippen molar-refractivity contribution >= 4 is 5.91 Å². The molecule has 0 saturated carbocycles. The van der Waals surface area contributed by atoms with Crippen LogP contribution in [0.2, 0.25) is 0 Å². The van der Waals surface area contributed by atoms with Gasteiger partial charge in [0.05, 0.1) is 0 Å². The molecule has 2 rings (SSSR count). The molecule has 0 aliphatic heterocycles. The highest BCUT2D eigenvalue weighted by Gasteiger charge is 2.19. The number of rotatable bonds is 5. The summed E-state index contributed by atoms with van der Waals surface area (Å²) < 4.78 is 5.79. The molecular formula is C18H21NO2. The number of hydrogen-bond donors (Lipinski definition) is 0. The third kappa shape index (κ3) is 3.85. The average Bonchev–Trinajstić information content (AvgIpc) is 2.53. The van der Waals surface area contributed by atoms with Gasteiger partial charge in [-0.05, 0) is 29.7 Å². The Kier molecular flexibility index (Phi) is 4.99. The lowest BCUT2D eigenvalue weighted by Gasteiger charge is -2.20. The molecule has 2 aromatic rings. The maximum Gasteiger partial charge on any atom is 0.263 e. The van der Waals surface area contributed by atoms with Crippen molar-refractivity contribution in [2.75, 3.05) is 14.1 Å². The molecule has 0 aliphatic carbocycles. The molecule has 0 radical (unpaired) electrons. The average molecular weight is 283 g/mol. The van der Waals surface area contributed by atoms with Gasteiger partial charge in [0, 0.05) is 14.1 Å². The van der Waals surface area contributed by atoms with Crippen LogP contribution in [0.15, 0.2) is 54.6 Å². The van der Waals surface area contributed by atoms with Crippen molar-refractivity contribution in [3.05, 3.63) is 54.6 Å². The van der Waals surface area contributed by atoms with Crippen LogP contribution in [-0.2, 0) is 4.79 Å². The van der Waals surface area contributed by atoms with E-state index >= 15 is 0 Å². The van der Waals surface area contributed by atoms with Gasteiger partial charge < -0.3 is 9.64 Å². The lowest BCUT2D eigenvalue weighted by molar-refractivity contribution is -0.136. The van der Waals surface area contributed by atoms with Gasteiger partial charge in [-0.3, -0.25) is 4.79 Å². The molecule has 0 saturated heterocycles. The standard InChI is InChI=1S/C18H21NO2/c1-4-17(18(20)19(2)3)21-16-12-10-15(11-13-16)14-8-6-5-7-9-14/h5-13,17H,4H2,1-3H3. The second-order valence-corrected chi connectivity index (χ2v) is 5.14. The Balaban J connectivity index is 2.10. The van der Waals surface area contributed by atoms with Crippen molar-refractivity contribution < 1.29 is 9.53 Å². The first-order valence-electron chi connectivity index (χ1n) is 7.15. The Morgan fingerprint density at radius 1 is 1.00 bits per heavy atom. The van der Waals surface area contributed by atoms with Crippen LogP contribution in [0.4, 0.5) is 0 Å². The second-order valence-electron chi connectivity index (χ2n) is 5.14. The highest BCUT2D eigenvalue weighted by atomic mass is 16.5. The van der Waals surface area contributed by atoms with Crippen molar-refractivity contribution in [3.63, 3.8) is 0 Å². The van der Waals surface area contributed by atoms with Gasteiger partial charge >= 0.3 is 0 Å². The second kappa shape index (κ2) is 6.93. The number of benzene rings is 2. The number of carbonyl (C=O) groups is 1. The minimum atomic E-state index is -0.428. The largest absolute Gasteiger partial charge is 0.481 e. The van der Waals surface area contributed by atoms with E-state index in [1.807, 2.05) is 49.4 Å². The summed E-state index contributed by atoms with van der Waals surface area (Å²) in [5.41, 5.74) is 2.30. The van der Waals surface area contributed by atoms with Gasteiger partial charge in [-0.15, -0.1) is 0 Å².